The molecular weight excluding hydrogens is 665 g/mol. The van der Waals surface area contributed by atoms with Crippen LogP contribution >= 0.6 is 0 Å². The van der Waals surface area contributed by atoms with Gasteiger partial charge >= 0.3 is 0 Å². The van der Waals surface area contributed by atoms with E-state index >= 15 is 0 Å². The van der Waals surface area contributed by atoms with Gasteiger partial charge in [-0.05, 0) is 70.8 Å². The van der Waals surface area contributed by atoms with Crippen LogP contribution < -0.4 is 4.90 Å². The molecule has 0 atom stereocenters. The Bertz CT molecular complexity index is 3060. The number of hydrogen-bond acceptors (Lipinski definition) is 5. The van der Waals surface area contributed by atoms with Gasteiger partial charge in [0.1, 0.15) is 27.8 Å². The molecule has 0 fully saturated rings. The van der Waals surface area contributed by atoms with Crippen LogP contribution in [0.3, 0.4) is 0 Å². The normalized spacial score (nSPS) is 11.7. The zero-order valence-electron chi connectivity index (χ0n) is 28.9. The fourth-order valence-corrected chi connectivity index (χ4v) is 7.79. The van der Waals surface area contributed by atoms with Crippen molar-refractivity contribution in [2.45, 2.75) is 0 Å². The van der Waals surface area contributed by atoms with Gasteiger partial charge in [-0.1, -0.05) is 127 Å². The molecule has 0 aliphatic rings. The molecule has 0 saturated heterocycles. The summed E-state index contributed by atoms with van der Waals surface area (Å²) in [4.78, 5) is 7.62. The number of hydrogen-bond donors (Lipinski definition) is 0. The van der Waals surface area contributed by atoms with E-state index in [-0.39, 0.29) is 0 Å². The van der Waals surface area contributed by atoms with E-state index in [1.165, 1.54) is 0 Å². The number of benzene rings is 8. The van der Waals surface area contributed by atoms with E-state index in [1.54, 1.807) is 0 Å². The minimum atomic E-state index is 0.514. The van der Waals surface area contributed by atoms with Crippen LogP contribution in [0.5, 0.6) is 0 Å². The number of rotatable bonds is 6. The molecule has 5 nitrogen and oxygen atoms in total. The molecule has 254 valence electrons. The number of anilines is 3. The molecule has 0 radical (unpaired) electrons. The maximum Gasteiger partial charge on any atom is 0.228 e. The summed E-state index contributed by atoms with van der Waals surface area (Å²) in [6.45, 7) is 0. The second-order valence-electron chi connectivity index (χ2n) is 13.5. The van der Waals surface area contributed by atoms with Crippen molar-refractivity contribution in [1.82, 2.24) is 4.98 Å². The van der Waals surface area contributed by atoms with Crippen LogP contribution in [0.15, 0.2) is 195 Å². The lowest BCUT2D eigenvalue weighted by atomic mass is 10.0. The molecule has 0 aliphatic heterocycles. The van der Waals surface area contributed by atoms with Gasteiger partial charge in [0.15, 0.2) is 5.58 Å². The van der Waals surface area contributed by atoms with Crippen molar-refractivity contribution in [2.24, 2.45) is 0 Å². The Morgan fingerprint density at radius 1 is 0.389 bits per heavy atom. The van der Waals surface area contributed by atoms with Gasteiger partial charge in [0, 0.05) is 39.2 Å². The first-order chi connectivity index (χ1) is 26.8. The summed E-state index contributed by atoms with van der Waals surface area (Å²) in [5.74, 6) is 0.514. The Labute approximate surface area is 309 Å². The maximum absolute atomic E-state index is 6.94. The van der Waals surface area contributed by atoms with Gasteiger partial charge in [-0.3, -0.25) is 0 Å². The molecule has 3 aromatic heterocycles. The van der Waals surface area contributed by atoms with Gasteiger partial charge in [0.05, 0.1) is 11.1 Å². The summed E-state index contributed by atoms with van der Waals surface area (Å²) in [7, 11) is 0. The monoisotopic (exact) mass is 694 g/mol. The molecule has 0 amide bonds. The van der Waals surface area contributed by atoms with Crippen molar-refractivity contribution >= 4 is 72.0 Å². The molecule has 0 spiro atoms. The number of nitrogens with zero attached hydrogens (tertiary/aromatic N) is 2. The number of oxazole rings is 1. The minimum Gasteiger partial charge on any atom is -0.456 e. The van der Waals surface area contributed by atoms with Crippen molar-refractivity contribution in [3.05, 3.63) is 182 Å². The average molecular weight is 695 g/mol. The first-order valence-electron chi connectivity index (χ1n) is 18.0. The molecule has 5 heteroatoms. The lowest BCUT2D eigenvalue weighted by Crippen LogP contribution is -2.10. The van der Waals surface area contributed by atoms with Gasteiger partial charge < -0.3 is 18.2 Å². The fourth-order valence-electron chi connectivity index (χ4n) is 7.79. The van der Waals surface area contributed by atoms with Gasteiger partial charge in [-0.25, -0.2) is 4.98 Å². The fraction of sp³-hybridized carbons (Fsp3) is 0. The highest BCUT2D eigenvalue weighted by atomic mass is 16.4. The van der Waals surface area contributed by atoms with Crippen molar-refractivity contribution in [3.63, 3.8) is 0 Å². The van der Waals surface area contributed by atoms with Crippen molar-refractivity contribution in [1.29, 1.82) is 0 Å². The predicted molar refractivity (Wildman–Crippen MR) is 220 cm³/mol. The lowest BCUT2D eigenvalue weighted by molar-refractivity contribution is 0.622. The van der Waals surface area contributed by atoms with Crippen LogP contribution in [-0.2, 0) is 0 Å². The Morgan fingerprint density at radius 2 is 0.889 bits per heavy atom. The van der Waals surface area contributed by atoms with Crippen LogP contribution in [0.1, 0.15) is 0 Å². The number of furan rings is 2. The summed E-state index contributed by atoms with van der Waals surface area (Å²) in [5, 5.41) is 3.86. The van der Waals surface area contributed by atoms with E-state index < -0.39 is 0 Å². The summed E-state index contributed by atoms with van der Waals surface area (Å²) in [6.07, 6.45) is 0. The van der Waals surface area contributed by atoms with E-state index in [0.29, 0.717) is 11.5 Å². The standard InChI is InChI=1S/C49H30N2O3/c1-3-12-31(13-4-1)33-22-26-35(27-23-33)51(36-28-24-34(25-29-36)32-14-5-2-6-15-32)40-30-44-46(38-17-8-10-20-42(38)53-44)48-47(40)50-49(54-48)39-18-11-21-43-45(39)37-16-7-9-19-41(37)52-43/h1-30H. The quantitative estimate of drug-likeness (QED) is 0.173. The summed E-state index contributed by atoms with van der Waals surface area (Å²) < 4.78 is 19.8. The maximum atomic E-state index is 6.94. The molecule has 54 heavy (non-hydrogen) atoms. The van der Waals surface area contributed by atoms with Crippen LogP contribution in [0.25, 0.3) is 88.7 Å². The third-order valence-corrected chi connectivity index (χ3v) is 10.3. The first-order valence-corrected chi connectivity index (χ1v) is 18.0. The van der Waals surface area contributed by atoms with Crippen molar-refractivity contribution < 1.29 is 13.3 Å². The number of aromatic nitrogens is 1. The Balaban J connectivity index is 1.18. The highest BCUT2D eigenvalue weighted by Crippen LogP contribution is 2.47. The lowest BCUT2D eigenvalue weighted by Gasteiger charge is -2.26. The smallest absolute Gasteiger partial charge is 0.228 e. The third-order valence-electron chi connectivity index (χ3n) is 10.3. The van der Waals surface area contributed by atoms with E-state index in [1.807, 2.05) is 60.7 Å². The topological polar surface area (TPSA) is 55.6 Å². The third kappa shape index (κ3) is 4.83. The summed E-state index contributed by atoms with van der Waals surface area (Å²) >= 11 is 0. The van der Waals surface area contributed by atoms with Gasteiger partial charge in [-0.15, -0.1) is 0 Å². The first kappa shape index (κ1) is 30.3. The van der Waals surface area contributed by atoms with E-state index in [9.17, 15) is 0 Å². The zero-order valence-corrected chi connectivity index (χ0v) is 28.9. The molecule has 0 N–H and O–H groups in total. The SMILES string of the molecule is c1ccc(-c2ccc(N(c3ccc(-c4ccccc4)cc3)c3cc4oc5ccccc5c4c4oc(-c5cccc6oc7ccccc7c56)nc34)cc2)cc1. The van der Waals surface area contributed by atoms with Crippen molar-refractivity contribution in [2.75, 3.05) is 4.90 Å². The molecule has 0 saturated carbocycles. The highest BCUT2D eigenvalue weighted by molar-refractivity contribution is 6.20. The van der Waals surface area contributed by atoms with Crippen LogP contribution in [-0.4, -0.2) is 4.98 Å². The molecule has 3 heterocycles. The average Bonchev–Trinajstić information content (AvgIpc) is 3.96. The van der Waals surface area contributed by atoms with Gasteiger partial charge in [-0.2, -0.15) is 0 Å². The van der Waals surface area contributed by atoms with E-state index in [0.717, 1.165) is 94.3 Å². The highest BCUT2D eigenvalue weighted by Gasteiger charge is 2.26. The largest absolute Gasteiger partial charge is 0.456 e. The van der Waals surface area contributed by atoms with Gasteiger partial charge in [0.25, 0.3) is 0 Å². The molecular formula is C49H30N2O3. The molecule has 11 aromatic rings. The Kier molecular flexibility index (Phi) is 6.79. The van der Waals surface area contributed by atoms with Crippen LogP contribution in [0.4, 0.5) is 17.1 Å². The molecule has 8 aromatic carbocycles. The van der Waals surface area contributed by atoms with E-state index in [2.05, 4.69) is 126 Å². The number of fused-ring (bicyclic) bond motifs is 8. The Morgan fingerprint density at radius 3 is 1.50 bits per heavy atom. The molecule has 0 aliphatic carbocycles. The molecule has 0 unspecified atom stereocenters. The van der Waals surface area contributed by atoms with Crippen LogP contribution in [0.2, 0.25) is 0 Å². The summed E-state index contributed by atoms with van der Waals surface area (Å²) in [6, 6.07) is 62.6. The second-order valence-corrected chi connectivity index (χ2v) is 13.5. The summed E-state index contributed by atoms with van der Waals surface area (Å²) in [5.41, 5.74) is 12.8. The molecule has 0 bridgehead atoms. The molecule has 11 rings (SSSR count). The minimum absolute atomic E-state index is 0.514. The Hall–Kier alpha value is -7.37. The number of para-hydroxylation sites is 2. The zero-order chi connectivity index (χ0) is 35.6. The van der Waals surface area contributed by atoms with Gasteiger partial charge in [0.2, 0.25) is 5.89 Å². The van der Waals surface area contributed by atoms with E-state index in [4.69, 9.17) is 18.2 Å². The van der Waals surface area contributed by atoms with Crippen molar-refractivity contribution in [3.8, 4) is 33.7 Å². The predicted octanol–water partition coefficient (Wildman–Crippen LogP) is 14.1. The second kappa shape index (κ2) is 12.1. The van der Waals surface area contributed by atoms with Crippen LogP contribution in [0, 0.1) is 0 Å².